The molecule has 1 fully saturated rings. The van der Waals surface area contributed by atoms with E-state index >= 15 is 0 Å². The Kier molecular flexibility index (Phi) is 5.61. The largest absolute Gasteiger partial charge is 0.493 e. The van der Waals surface area contributed by atoms with Crippen LogP contribution < -0.4 is 4.74 Å². The second kappa shape index (κ2) is 8.45. The van der Waals surface area contributed by atoms with Crippen LogP contribution >= 0.6 is 11.3 Å². The number of fused-ring (bicyclic) bond motifs is 3. The number of aromatic nitrogens is 3. The van der Waals surface area contributed by atoms with Crippen LogP contribution in [0.15, 0.2) is 30.6 Å². The first-order valence-electron chi connectivity index (χ1n) is 10.6. The summed E-state index contributed by atoms with van der Waals surface area (Å²) >= 11 is 1.34. The van der Waals surface area contributed by atoms with E-state index in [9.17, 15) is 18.0 Å². The van der Waals surface area contributed by atoms with Crippen LogP contribution in [0, 0.1) is 0 Å². The van der Waals surface area contributed by atoms with Crippen molar-refractivity contribution in [3.63, 3.8) is 0 Å². The number of carbonyl (C=O) groups excluding carboxylic acids is 1. The molecule has 0 aliphatic carbocycles. The monoisotopic (exact) mass is 477 g/mol. The van der Waals surface area contributed by atoms with Gasteiger partial charge < -0.3 is 14.5 Å². The van der Waals surface area contributed by atoms with Gasteiger partial charge in [-0.15, -0.1) is 11.3 Å². The zero-order chi connectivity index (χ0) is 23.2. The Hall–Kier alpha value is -2.92. The van der Waals surface area contributed by atoms with E-state index in [1.807, 2.05) is 24.1 Å². The molecule has 7 nitrogen and oxygen atoms in total. The molecule has 4 heterocycles. The summed E-state index contributed by atoms with van der Waals surface area (Å²) in [6.45, 7) is 2.25. The van der Waals surface area contributed by atoms with Gasteiger partial charge in [-0.25, -0.2) is 9.67 Å². The predicted octanol–water partition coefficient (Wildman–Crippen LogP) is 3.56. The molecule has 0 N–H and O–H groups in total. The maximum absolute atomic E-state index is 13.1. The summed E-state index contributed by atoms with van der Waals surface area (Å²) in [6.07, 6.45) is -2.65. The first-order chi connectivity index (χ1) is 15.8. The van der Waals surface area contributed by atoms with Crippen molar-refractivity contribution in [3.05, 3.63) is 41.7 Å². The smallest absolute Gasteiger partial charge is 0.408 e. The molecule has 33 heavy (non-hydrogen) atoms. The standard InChI is InChI=1S/C22H22F3N5O2S/c1-28-5-7-29(8-6-28)21(31)15-2-3-17-16(10-15)19-14(4-9-32-17)11-18(33-19)20-26-13-27-30(20)12-22(23,24)25/h2-3,10-11,13H,4-9,12H2,1H3. The van der Waals surface area contributed by atoms with Crippen LogP contribution in [0.4, 0.5) is 13.2 Å². The minimum atomic E-state index is -4.39. The fraction of sp³-hybridized carbons (Fsp3) is 0.409. The number of rotatable bonds is 3. The van der Waals surface area contributed by atoms with Gasteiger partial charge >= 0.3 is 6.18 Å². The third-order valence-corrected chi connectivity index (χ3v) is 7.07. The van der Waals surface area contributed by atoms with Crippen molar-refractivity contribution in [1.29, 1.82) is 0 Å². The van der Waals surface area contributed by atoms with Gasteiger partial charge in [0.25, 0.3) is 5.91 Å². The maximum atomic E-state index is 13.1. The molecule has 1 aromatic carbocycles. The molecule has 1 saturated heterocycles. The summed E-state index contributed by atoms with van der Waals surface area (Å²) in [5, 5.41) is 3.76. The number of likely N-dealkylation sites (N-methyl/N-ethyl adjacent to an activating group) is 1. The summed E-state index contributed by atoms with van der Waals surface area (Å²) in [5.41, 5.74) is 2.31. The Bertz CT molecular complexity index is 1180. The summed E-state index contributed by atoms with van der Waals surface area (Å²) in [5.74, 6) is 0.810. The number of piperazine rings is 1. The Morgan fingerprint density at radius 2 is 1.97 bits per heavy atom. The van der Waals surface area contributed by atoms with E-state index in [2.05, 4.69) is 15.0 Å². The molecule has 3 aromatic rings. The molecule has 2 aliphatic rings. The molecule has 0 bridgehead atoms. The van der Waals surface area contributed by atoms with Crippen molar-refractivity contribution in [1.82, 2.24) is 24.6 Å². The molecule has 11 heteroatoms. The number of amides is 1. The van der Waals surface area contributed by atoms with Gasteiger partial charge in [-0.2, -0.15) is 18.3 Å². The van der Waals surface area contributed by atoms with Crippen molar-refractivity contribution >= 4 is 17.2 Å². The number of alkyl halides is 3. The molecule has 2 aromatic heterocycles. The molecule has 1 amide bonds. The van der Waals surface area contributed by atoms with Crippen LogP contribution in [-0.2, 0) is 13.0 Å². The number of thiophene rings is 1. The van der Waals surface area contributed by atoms with E-state index in [4.69, 9.17) is 4.74 Å². The minimum absolute atomic E-state index is 0.0293. The molecule has 0 atom stereocenters. The van der Waals surface area contributed by atoms with Crippen LogP contribution in [-0.4, -0.2) is 76.5 Å². The average Bonchev–Trinajstić information content (AvgIpc) is 3.36. The number of halogens is 3. The van der Waals surface area contributed by atoms with Crippen LogP contribution in [0.2, 0.25) is 0 Å². The molecular weight excluding hydrogens is 455 g/mol. The van der Waals surface area contributed by atoms with E-state index in [0.717, 1.165) is 40.1 Å². The minimum Gasteiger partial charge on any atom is -0.493 e. The Balaban J connectivity index is 1.50. The maximum Gasteiger partial charge on any atom is 0.408 e. The van der Waals surface area contributed by atoms with Crippen molar-refractivity contribution < 1.29 is 22.7 Å². The molecule has 0 unspecified atom stereocenters. The topological polar surface area (TPSA) is 63.5 Å². The summed E-state index contributed by atoms with van der Waals surface area (Å²) in [4.78, 5) is 22.7. The number of carbonyl (C=O) groups is 1. The number of nitrogens with zero attached hydrogens (tertiary/aromatic N) is 5. The van der Waals surface area contributed by atoms with Crippen molar-refractivity contribution in [2.45, 2.75) is 19.1 Å². The molecule has 2 aliphatic heterocycles. The number of hydrogen-bond donors (Lipinski definition) is 0. The van der Waals surface area contributed by atoms with Gasteiger partial charge in [-0.3, -0.25) is 4.79 Å². The zero-order valence-corrected chi connectivity index (χ0v) is 18.7. The molecule has 174 valence electrons. The normalized spacial score (nSPS) is 16.7. The van der Waals surface area contributed by atoms with Gasteiger partial charge in [0, 0.05) is 48.6 Å². The van der Waals surface area contributed by atoms with Crippen molar-refractivity contribution in [2.24, 2.45) is 0 Å². The third kappa shape index (κ3) is 4.47. The number of benzene rings is 1. The first-order valence-corrected chi connectivity index (χ1v) is 11.4. The predicted molar refractivity (Wildman–Crippen MR) is 117 cm³/mol. The van der Waals surface area contributed by atoms with Gasteiger partial charge in [0.05, 0.1) is 11.5 Å². The van der Waals surface area contributed by atoms with E-state index in [1.54, 1.807) is 12.1 Å². The second-order valence-corrected chi connectivity index (χ2v) is 9.28. The van der Waals surface area contributed by atoms with Crippen molar-refractivity contribution in [2.75, 3.05) is 39.8 Å². The molecule has 0 spiro atoms. The van der Waals surface area contributed by atoms with Crippen LogP contribution in [0.1, 0.15) is 15.9 Å². The Morgan fingerprint density at radius 3 is 2.73 bits per heavy atom. The Labute approximate surface area is 192 Å². The highest BCUT2D eigenvalue weighted by atomic mass is 32.1. The van der Waals surface area contributed by atoms with E-state index < -0.39 is 12.7 Å². The number of ether oxygens (including phenoxy) is 1. The lowest BCUT2D eigenvalue weighted by molar-refractivity contribution is -0.142. The quantitative estimate of drug-likeness (QED) is 0.577. The lowest BCUT2D eigenvalue weighted by Crippen LogP contribution is -2.47. The van der Waals surface area contributed by atoms with Gasteiger partial charge in [-0.1, -0.05) is 0 Å². The van der Waals surface area contributed by atoms with E-state index in [-0.39, 0.29) is 11.7 Å². The van der Waals surface area contributed by atoms with Crippen LogP contribution in [0.3, 0.4) is 0 Å². The average molecular weight is 478 g/mol. The summed E-state index contributed by atoms with van der Waals surface area (Å²) in [7, 11) is 2.03. The van der Waals surface area contributed by atoms with Crippen molar-refractivity contribution in [3.8, 4) is 26.9 Å². The highest BCUT2D eigenvalue weighted by molar-refractivity contribution is 7.19. The zero-order valence-electron chi connectivity index (χ0n) is 17.9. The molecule has 0 saturated carbocycles. The molecule has 0 radical (unpaired) electrons. The molecule has 5 rings (SSSR count). The third-order valence-electron chi connectivity index (χ3n) is 5.86. The van der Waals surface area contributed by atoms with Crippen LogP contribution in [0.5, 0.6) is 5.75 Å². The second-order valence-electron chi connectivity index (χ2n) is 8.23. The molecular formula is C22H22F3N5O2S. The SMILES string of the molecule is CN1CCN(C(=O)c2ccc3c(c2)-c2sc(-c4ncnn4CC(F)(F)F)cc2CCO3)CC1. The lowest BCUT2D eigenvalue weighted by atomic mass is 10.0. The van der Waals surface area contributed by atoms with Gasteiger partial charge in [0.15, 0.2) is 5.82 Å². The van der Waals surface area contributed by atoms with Crippen LogP contribution in [0.25, 0.3) is 21.1 Å². The van der Waals surface area contributed by atoms with Gasteiger partial charge in [-0.05, 0) is 36.9 Å². The lowest BCUT2D eigenvalue weighted by Gasteiger charge is -2.32. The van der Waals surface area contributed by atoms with Gasteiger partial charge in [0.1, 0.15) is 18.6 Å². The highest BCUT2D eigenvalue weighted by Gasteiger charge is 2.31. The van der Waals surface area contributed by atoms with E-state index in [0.29, 0.717) is 42.3 Å². The fourth-order valence-electron chi connectivity index (χ4n) is 4.12. The number of hydrogen-bond acceptors (Lipinski definition) is 6. The van der Waals surface area contributed by atoms with Gasteiger partial charge in [0.2, 0.25) is 0 Å². The summed E-state index contributed by atoms with van der Waals surface area (Å²) in [6, 6.07) is 7.27. The fourth-order valence-corrected chi connectivity index (χ4v) is 5.35. The first kappa shape index (κ1) is 21.9. The summed E-state index contributed by atoms with van der Waals surface area (Å²) < 4.78 is 45.6. The highest BCUT2D eigenvalue weighted by Crippen LogP contribution is 2.44. The Morgan fingerprint density at radius 1 is 1.18 bits per heavy atom. The van der Waals surface area contributed by atoms with E-state index in [1.165, 1.54) is 11.3 Å².